The Morgan fingerprint density at radius 3 is 2.53 bits per heavy atom. The van der Waals surface area contributed by atoms with Crippen LogP contribution in [0.15, 0.2) is 6.33 Å². The molecule has 0 aliphatic rings. The predicted molar refractivity (Wildman–Crippen MR) is 71.0 cm³/mol. The van der Waals surface area contributed by atoms with Crippen molar-refractivity contribution in [3.63, 3.8) is 0 Å². The largest absolute Gasteiger partial charge is 0.319 e. The summed E-state index contributed by atoms with van der Waals surface area (Å²) in [4.78, 5) is 4.39. The Labute approximate surface area is 105 Å². The van der Waals surface area contributed by atoms with Gasteiger partial charge in [0.15, 0.2) is 0 Å². The molecule has 1 atom stereocenters. The molecule has 4 nitrogen and oxygen atoms in total. The van der Waals surface area contributed by atoms with E-state index in [9.17, 15) is 0 Å². The molecule has 0 bridgehead atoms. The minimum Gasteiger partial charge on any atom is -0.319 e. The van der Waals surface area contributed by atoms with Crippen molar-refractivity contribution < 1.29 is 0 Å². The minimum absolute atomic E-state index is 0.391. The molecule has 1 rings (SSSR count). The van der Waals surface area contributed by atoms with Gasteiger partial charge in [0.05, 0.1) is 0 Å². The highest BCUT2D eigenvalue weighted by molar-refractivity contribution is 4.89. The SMILES string of the molecule is CNCC(Cc1ncnn1C(C)C)CC(C)C. The lowest BCUT2D eigenvalue weighted by molar-refractivity contribution is 0.376. The molecule has 0 aromatic carbocycles. The summed E-state index contributed by atoms with van der Waals surface area (Å²) in [6, 6.07) is 0.391. The summed E-state index contributed by atoms with van der Waals surface area (Å²) in [5, 5.41) is 7.57. The van der Waals surface area contributed by atoms with Crippen LogP contribution in [0.5, 0.6) is 0 Å². The lowest BCUT2D eigenvalue weighted by Crippen LogP contribution is -2.24. The molecule has 0 saturated carbocycles. The first-order valence-electron chi connectivity index (χ1n) is 6.57. The molecule has 17 heavy (non-hydrogen) atoms. The molecule has 4 heteroatoms. The number of hydrogen-bond donors (Lipinski definition) is 1. The molecule has 1 heterocycles. The van der Waals surface area contributed by atoms with Gasteiger partial charge in [0.1, 0.15) is 12.2 Å². The Morgan fingerprint density at radius 2 is 2.00 bits per heavy atom. The maximum absolute atomic E-state index is 4.39. The van der Waals surface area contributed by atoms with Crippen LogP contribution in [0.1, 0.15) is 46.0 Å². The molecule has 0 spiro atoms. The number of rotatable bonds is 7. The first-order chi connectivity index (χ1) is 8.04. The van der Waals surface area contributed by atoms with Gasteiger partial charge in [0.25, 0.3) is 0 Å². The van der Waals surface area contributed by atoms with Gasteiger partial charge in [-0.15, -0.1) is 0 Å². The van der Waals surface area contributed by atoms with Crippen LogP contribution >= 0.6 is 0 Å². The first-order valence-corrected chi connectivity index (χ1v) is 6.57. The maximum atomic E-state index is 4.39. The third-order valence-corrected chi connectivity index (χ3v) is 2.91. The molecule has 1 aromatic rings. The number of nitrogens with one attached hydrogen (secondary N) is 1. The van der Waals surface area contributed by atoms with Crippen molar-refractivity contribution in [3.05, 3.63) is 12.2 Å². The third kappa shape index (κ3) is 4.46. The van der Waals surface area contributed by atoms with E-state index in [0.29, 0.717) is 12.0 Å². The molecule has 1 aromatic heterocycles. The molecule has 98 valence electrons. The quantitative estimate of drug-likeness (QED) is 0.792. The van der Waals surface area contributed by atoms with Gasteiger partial charge < -0.3 is 5.32 Å². The van der Waals surface area contributed by atoms with Gasteiger partial charge in [-0.05, 0) is 45.7 Å². The van der Waals surface area contributed by atoms with Crippen molar-refractivity contribution in [2.75, 3.05) is 13.6 Å². The van der Waals surface area contributed by atoms with Crippen LogP contribution in [0.2, 0.25) is 0 Å². The smallest absolute Gasteiger partial charge is 0.138 e. The summed E-state index contributed by atoms with van der Waals surface area (Å²) < 4.78 is 2.03. The van der Waals surface area contributed by atoms with Crippen molar-refractivity contribution in [1.82, 2.24) is 20.1 Å². The molecule has 1 N–H and O–H groups in total. The minimum atomic E-state index is 0.391. The monoisotopic (exact) mass is 238 g/mol. The van der Waals surface area contributed by atoms with Gasteiger partial charge in [-0.3, -0.25) is 0 Å². The zero-order valence-corrected chi connectivity index (χ0v) is 11.8. The molecule has 0 aliphatic carbocycles. The Hall–Kier alpha value is -0.900. The van der Waals surface area contributed by atoms with Gasteiger partial charge >= 0.3 is 0 Å². The Kier molecular flexibility index (Phi) is 5.62. The summed E-state index contributed by atoms with van der Waals surface area (Å²) in [7, 11) is 2.01. The summed E-state index contributed by atoms with van der Waals surface area (Å²) in [5.74, 6) is 2.48. The van der Waals surface area contributed by atoms with Crippen molar-refractivity contribution in [3.8, 4) is 0 Å². The Bertz CT molecular complexity index is 317. The molecular weight excluding hydrogens is 212 g/mol. The van der Waals surface area contributed by atoms with E-state index >= 15 is 0 Å². The lowest BCUT2D eigenvalue weighted by Gasteiger charge is -2.19. The van der Waals surface area contributed by atoms with Crippen LogP contribution in [0.4, 0.5) is 0 Å². The second-order valence-electron chi connectivity index (χ2n) is 5.47. The van der Waals surface area contributed by atoms with Gasteiger partial charge in [0.2, 0.25) is 0 Å². The van der Waals surface area contributed by atoms with Crippen LogP contribution in [0.25, 0.3) is 0 Å². The van der Waals surface area contributed by atoms with Gasteiger partial charge in [-0.2, -0.15) is 5.10 Å². The molecule has 0 aliphatic heterocycles. The van der Waals surface area contributed by atoms with E-state index in [1.165, 1.54) is 6.42 Å². The number of aromatic nitrogens is 3. The van der Waals surface area contributed by atoms with Crippen molar-refractivity contribution in [2.24, 2.45) is 11.8 Å². The van der Waals surface area contributed by atoms with Crippen molar-refractivity contribution >= 4 is 0 Å². The van der Waals surface area contributed by atoms with E-state index in [1.807, 2.05) is 11.7 Å². The first kappa shape index (κ1) is 14.2. The second kappa shape index (κ2) is 6.74. The molecule has 1 unspecified atom stereocenters. The molecular formula is C13H26N4. The predicted octanol–water partition coefficient (Wildman–Crippen LogP) is 2.28. The number of nitrogens with zero attached hydrogens (tertiary/aromatic N) is 3. The van der Waals surface area contributed by atoms with Crippen LogP contribution in [-0.2, 0) is 6.42 Å². The Balaban J connectivity index is 2.67. The molecule has 0 saturated heterocycles. The van der Waals surface area contributed by atoms with Crippen LogP contribution in [0, 0.1) is 11.8 Å². The van der Waals surface area contributed by atoms with Crippen LogP contribution in [0.3, 0.4) is 0 Å². The van der Waals surface area contributed by atoms with E-state index in [4.69, 9.17) is 0 Å². The van der Waals surface area contributed by atoms with E-state index in [0.717, 1.165) is 24.7 Å². The lowest BCUT2D eigenvalue weighted by atomic mass is 9.93. The fraction of sp³-hybridized carbons (Fsp3) is 0.846. The van der Waals surface area contributed by atoms with Gasteiger partial charge in [-0.25, -0.2) is 9.67 Å². The fourth-order valence-electron chi connectivity index (χ4n) is 2.30. The molecule has 0 radical (unpaired) electrons. The summed E-state index contributed by atoms with van der Waals surface area (Å²) in [5.41, 5.74) is 0. The molecule has 0 amide bonds. The maximum Gasteiger partial charge on any atom is 0.138 e. The zero-order chi connectivity index (χ0) is 12.8. The normalized spacial score (nSPS) is 13.6. The Morgan fingerprint density at radius 1 is 1.29 bits per heavy atom. The average Bonchev–Trinajstić information content (AvgIpc) is 2.65. The van der Waals surface area contributed by atoms with Crippen molar-refractivity contribution in [1.29, 1.82) is 0 Å². The van der Waals surface area contributed by atoms with E-state index in [-0.39, 0.29) is 0 Å². The van der Waals surface area contributed by atoms with E-state index in [1.54, 1.807) is 6.33 Å². The standard InChI is InChI=1S/C13H26N4/c1-10(2)6-12(8-14-5)7-13-15-9-16-17(13)11(3)4/h9-12,14H,6-8H2,1-5H3. The summed E-state index contributed by atoms with van der Waals surface area (Å²) in [6.07, 6.45) is 3.91. The highest BCUT2D eigenvalue weighted by atomic mass is 15.3. The molecule has 0 fully saturated rings. The van der Waals surface area contributed by atoms with Crippen molar-refractivity contribution in [2.45, 2.75) is 46.6 Å². The fourth-order valence-corrected chi connectivity index (χ4v) is 2.30. The van der Waals surface area contributed by atoms with Gasteiger partial charge in [-0.1, -0.05) is 13.8 Å². The highest BCUT2D eigenvalue weighted by Gasteiger charge is 2.15. The average molecular weight is 238 g/mol. The highest BCUT2D eigenvalue weighted by Crippen LogP contribution is 2.17. The number of hydrogen-bond acceptors (Lipinski definition) is 3. The summed E-state index contributed by atoms with van der Waals surface area (Å²) in [6.45, 7) is 9.89. The topological polar surface area (TPSA) is 42.7 Å². The summed E-state index contributed by atoms with van der Waals surface area (Å²) >= 11 is 0. The van der Waals surface area contributed by atoms with E-state index in [2.05, 4.69) is 43.1 Å². The third-order valence-electron chi connectivity index (χ3n) is 2.91. The van der Waals surface area contributed by atoms with Crippen LogP contribution < -0.4 is 5.32 Å². The zero-order valence-electron chi connectivity index (χ0n) is 11.8. The second-order valence-corrected chi connectivity index (χ2v) is 5.47. The van der Waals surface area contributed by atoms with E-state index < -0.39 is 0 Å². The van der Waals surface area contributed by atoms with Crippen LogP contribution in [-0.4, -0.2) is 28.4 Å². The van der Waals surface area contributed by atoms with Gasteiger partial charge in [0, 0.05) is 12.5 Å².